The molecule has 1 saturated heterocycles. The molecule has 1 atom stereocenters. The predicted octanol–water partition coefficient (Wildman–Crippen LogP) is 1.96. The highest BCUT2D eigenvalue weighted by atomic mass is 32.1. The second-order valence-electron chi connectivity index (χ2n) is 3.98. The van der Waals surface area contributed by atoms with Crippen molar-refractivity contribution >= 4 is 12.2 Å². The maximum absolute atomic E-state index is 5.40. The molecule has 1 N–H and O–H groups in total. The standard InChI is InChI=1S/C11H12N4OS/c17-11-14-13-10(8-2-1-4-12-6-8)15(11)9-3-5-16-7-9/h1-2,4,6,9H,3,5,7H2,(H,14,17). The molecule has 3 heterocycles. The van der Waals surface area contributed by atoms with Crippen molar-refractivity contribution in [2.45, 2.75) is 12.5 Å². The largest absolute Gasteiger partial charge is 0.379 e. The van der Waals surface area contributed by atoms with Gasteiger partial charge in [-0.2, -0.15) is 5.10 Å². The summed E-state index contributed by atoms with van der Waals surface area (Å²) in [6.07, 6.45) is 4.51. The highest BCUT2D eigenvalue weighted by Gasteiger charge is 2.22. The lowest BCUT2D eigenvalue weighted by Crippen LogP contribution is -2.10. The Morgan fingerprint density at radius 2 is 2.47 bits per heavy atom. The molecule has 1 aliphatic rings. The van der Waals surface area contributed by atoms with Crippen LogP contribution in [0.3, 0.4) is 0 Å². The lowest BCUT2D eigenvalue weighted by molar-refractivity contribution is 0.186. The Bertz CT molecular complexity index is 556. The molecule has 6 heteroatoms. The lowest BCUT2D eigenvalue weighted by Gasteiger charge is -2.12. The molecule has 0 saturated carbocycles. The van der Waals surface area contributed by atoms with Crippen molar-refractivity contribution in [1.29, 1.82) is 0 Å². The summed E-state index contributed by atoms with van der Waals surface area (Å²) in [5.41, 5.74) is 0.965. The van der Waals surface area contributed by atoms with Gasteiger partial charge in [0.1, 0.15) is 0 Å². The number of hydrogen-bond acceptors (Lipinski definition) is 4. The Kier molecular flexibility index (Phi) is 2.74. The van der Waals surface area contributed by atoms with Gasteiger partial charge in [0, 0.05) is 24.6 Å². The molecule has 0 bridgehead atoms. The Balaban J connectivity index is 2.09. The van der Waals surface area contributed by atoms with Crippen molar-refractivity contribution in [3.05, 3.63) is 29.3 Å². The van der Waals surface area contributed by atoms with E-state index in [1.807, 2.05) is 16.7 Å². The fraction of sp³-hybridized carbons (Fsp3) is 0.364. The van der Waals surface area contributed by atoms with Crippen LogP contribution in [0.5, 0.6) is 0 Å². The van der Waals surface area contributed by atoms with E-state index in [9.17, 15) is 0 Å². The third kappa shape index (κ3) is 1.89. The van der Waals surface area contributed by atoms with E-state index in [1.165, 1.54) is 0 Å². The third-order valence-electron chi connectivity index (χ3n) is 2.89. The van der Waals surface area contributed by atoms with E-state index in [-0.39, 0.29) is 6.04 Å². The van der Waals surface area contributed by atoms with Crippen LogP contribution in [0.2, 0.25) is 0 Å². The molecule has 0 aliphatic carbocycles. The van der Waals surface area contributed by atoms with Crippen LogP contribution in [0.4, 0.5) is 0 Å². The molecular weight excluding hydrogens is 236 g/mol. The molecule has 2 aromatic heterocycles. The second kappa shape index (κ2) is 4.38. The third-order valence-corrected chi connectivity index (χ3v) is 3.18. The highest BCUT2D eigenvalue weighted by Crippen LogP contribution is 2.25. The molecule has 17 heavy (non-hydrogen) atoms. The van der Waals surface area contributed by atoms with Crippen molar-refractivity contribution in [3.63, 3.8) is 0 Å². The van der Waals surface area contributed by atoms with Gasteiger partial charge in [0.2, 0.25) is 0 Å². The highest BCUT2D eigenvalue weighted by molar-refractivity contribution is 7.71. The molecule has 0 radical (unpaired) electrons. The first-order chi connectivity index (χ1) is 8.36. The Morgan fingerprint density at radius 1 is 1.53 bits per heavy atom. The van der Waals surface area contributed by atoms with Crippen LogP contribution in [0.15, 0.2) is 24.5 Å². The van der Waals surface area contributed by atoms with Crippen LogP contribution in [-0.4, -0.2) is 33.0 Å². The van der Waals surface area contributed by atoms with Crippen molar-refractivity contribution < 1.29 is 4.74 Å². The Labute approximate surface area is 103 Å². The monoisotopic (exact) mass is 248 g/mol. The van der Waals surface area contributed by atoms with Crippen LogP contribution in [0.25, 0.3) is 11.4 Å². The molecule has 0 aromatic carbocycles. The molecule has 1 fully saturated rings. The number of H-pyrrole nitrogens is 1. The van der Waals surface area contributed by atoms with Gasteiger partial charge in [-0.1, -0.05) is 0 Å². The topological polar surface area (TPSA) is 55.7 Å². The number of rotatable bonds is 2. The number of hydrogen-bond donors (Lipinski definition) is 1. The van der Waals surface area contributed by atoms with Gasteiger partial charge in [0.15, 0.2) is 10.6 Å². The zero-order valence-electron chi connectivity index (χ0n) is 9.17. The van der Waals surface area contributed by atoms with Crippen molar-refractivity contribution in [3.8, 4) is 11.4 Å². The fourth-order valence-corrected chi connectivity index (χ4v) is 2.35. The summed E-state index contributed by atoms with van der Waals surface area (Å²) in [4.78, 5) is 4.11. The molecule has 88 valence electrons. The summed E-state index contributed by atoms with van der Waals surface area (Å²) in [5, 5.41) is 7.13. The molecule has 1 unspecified atom stereocenters. The van der Waals surface area contributed by atoms with Gasteiger partial charge in [-0.25, -0.2) is 0 Å². The van der Waals surface area contributed by atoms with Gasteiger partial charge >= 0.3 is 0 Å². The zero-order valence-corrected chi connectivity index (χ0v) is 9.98. The maximum Gasteiger partial charge on any atom is 0.195 e. The SMILES string of the molecule is S=c1[nH]nc(-c2cccnc2)n1C1CCOC1. The first kappa shape index (κ1) is 10.6. The number of pyridine rings is 1. The summed E-state index contributed by atoms with van der Waals surface area (Å²) >= 11 is 5.28. The van der Waals surface area contributed by atoms with Gasteiger partial charge in [0.25, 0.3) is 0 Å². The fourth-order valence-electron chi connectivity index (χ4n) is 2.07. The molecule has 3 rings (SSSR count). The smallest absolute Gasteiger partial charge is 0.195 e. The van der Waals surface area contributed by atoms with Gasteiger partial charge in [-0.15, -0.1) is 0 Å². The van der Waals surface area contributed by atoms with E-state index in [4.69, 9.17) is 17.0 Å². The Hall–Kier alpha value is -1.53. The quantitative estimate of drug-likeness (QED) is 0.825. The van der Waals surface area contributed by atoms with Crippen molar-refractivity contribution in [2.75, 3.05) is 13.2 Å². The van der Waals surface area contributed by atoms with Gasteiger partial charge in [-0.3, -0.25) is 14.6 Å². The van der Waals surface area contributed by atoms with E-state index in [2.05, 4.69) is 15.2 Å². The summed E-state index contributed by atoms with van der Waals surface area (Å²) in [6.45, 7) is 1.48. The molecule has 5 nitrogen and oxygen atoms in total. The van der Waals surface area contributed by atoms with E-state index >= 15 is 0 Å². The van der Waals surface area contributed by atoms with Gasteiger partial charge in [0.05, 0.1) is 12.6 Å². The zero-order chi connectivity index (χ0) is 11.7. The van der Waals surface area contributed by atoms with E-state index < -0.39 is 0 Å². The minimum absolute atomic E-state index is 0.274. The average molecular weight is 248 g/mol. The van der Waals surface area contributed by atoms with Crippen LogP contribution in [-0.2, 0) is 4.74 Å². The molecule has 2 aromatic rings. The summed E-state index contributed by atoms with van der Waals surface area (Å²) in [5.74, 6) is 0.832. The summed E-state index contributed by atoms with van der Waals surface area (Å²) < 4.78 is 8.07. The van der Waals surface area contributed by atoms with Gasteiger partial charge < -0.3 is 4.74 Å². The minimum atomic E-state index is 0.274. The van der Waals surface area contributed by atoms with E-state index in [0.29, 0.717) is 11.4 Å². The Morgan fingerprint density at radius 3 is 3.18 bits per heavy atom. The first-order valence-corrected chi connectivity index (χ1v) is 5.92. The molecule has 0 amide bonds. The summed E-state index contributed by atoms with van der Waals surface area (Å²) in [7, 11) is 0. The normalized spacial score (nSPS) is 19.6. The van der Waals surface area contributed by atoms with Crippen LogP contribution >= 0.6 is 12.2 Å². The maximum atomic E-state index is 5.40. The number of nitrogens with one attached hydrogen (secondary N) is 1. The predicted molar refractivity (Wildman–Crippen MR) is 65.1 cm³/mol. The number of nitrogens with zero attached hydrogens (tertiary/aromatic N) is 3. The molecule has 1 aliphatic heterocycles. The number of aromatic amines is 1. The van der Waals surface area contributed by atoms with Crippen LogP contribution in [0, 0.1) is 4.77 Å². The van der Waals surface area contributed by atoms with Gasteiger partial charge in [-0.05, 0) is 30.8 Å². The summed E-state index contributed by atoms with van der Waals surface area (Å²) in [6, 6.07) is 4.14. The van der Waals surface area contributed by atoms with Crippen molar-refractivity contribution in [1.82, 2.24) is 19.7 Å². The first-order valence-electron chi connectivity index (χ1n) is 5.51. The van der Waals surface area contributed by atoms with Crippen LogP contribution in [0.1, 0.15) is 12.5 Å². The van der Waals surface area contributed by atoms with E-state index in [1.54, 1.807) is 12.4 Å². The number of ether oxygens (including phenoxy) is 1. The average Bonchev–Trinajstić information content (AvgIpc) is 2.99. The molecule has 0 spiro atoms. The molecular formula is C11H12N4OS. The van der Waals surface area contributed by atoms with E-state index in [0.717, 1.165) is 24.4 Å². The minimum Gasteiger partial charge on any atom is -0.379 e. The second-order valence-corrected chi connectivity index (χ2v) is 4.37. The van der Waals surface area contributed by atoms with Crippen molar-refractivity contribution in [2.24, 2.45) is 0 Å². The van der Waals surface area contributed by atoms with Crippen LogP contribution < -0.4 is 0 Å². The lowest BCUT2D eigenvalue weighted by atomic mass is 10.2. The number of aromatic nitrogens is 4.